The Kier molecular flexibility index (Phi) is 12.9. The largest absolute Gasteiger partial charge is 1.00 e. The summed E-state index contributed by atoms with van der Waals surface area (Å²) in [5, 5.41) is 0. The summed E-state index contributed by atoms with van der Waals surface area (Å²) < 4.78 is 3.49. The first kappa shape index (κ1) is 40.5. The van der Waals surface area contributed by atoms with E-state index in [0.717, 1.165) is 14.7 Å². The summed E-state index contributed by atoms with van der Waals surface area (Å²) in [5.41, 5.74) is 18.9. The van der Waals surface area contributed by atoms with Crippen molar-refractivity contribution in [2.45, 2.75) is 132 Å². The molecular weight excluding hydrogens is 850 g/mol. The third-order valence-electron chi connectivity index (χ3n) is 13.7. The zero-order valence-electron chi connectivity index (χ0n) is 33.0. The van der Waals surface area contributed by atoms with Crippen molar-refractivity contribution in [3.63, 3.8) is 0 Å². The van der Waals surface area contributed by atoms with E-state index in [1.807, 2.05) is 11.1 Å². The molecule has 4 unspecified atom stereocenters. The zero-order chi connectivity index (χ0) is 35.3. The molecule has 53 heavy (non-hydrogen) atoms. The molecule has 1 saturated heterocycles. The second kappa shape index (κ2) is 16.9. The van der Waals surface area contributed by atoms with Gasteiger partial charge < -0.3 is 24.8 Å². The number of fused-ring (bicyclic) bond motifs is 3. The Morgan fingerprint density at radius 1 is 0.547 bits per heavy atom. The fourth-order valence-corrected chi connectivity index (χ4v) is 46.6. The first-order valence-corrected chi connectivity index (χ1v) is 29.0. The van der Waals surface area contributed by atoms with E-state index < -0.39 is 20.0 Å². The molecular formula is C50H60Cl2Hf. The van der Waals surface area contributed by atoms with Crippen LogP contribution in [0.5, 0.6) is 0 Å². The van der Waals surface area contributed by atoms with Crippen LogP contribution in [0.4, 0.5) is 0 Å². The van der Waals surface area contributed by atoms with Crippen LogP contribution >= 0.6 is 0 Å². The van der Waals surface area contributed by atoms with Crippen LogP contribution in [0.2, 0.25) is 7.35 Å². The van der Waals surface area contributed by atoms with Crippen LogP contribution in [0.1, 0.15) is 158 Å². The smallest absolute Gasteiger partial charge is 1.00 e. The maximum Gasteiger partial charge on any atom is -1.00 e. The molecule has 0 radical (unpaired) electrons. The topological polar surface area (TPSA) is 0 Å². The zero-order valence-corrected chi connectivity index (χ0v) is 38.1. The average molecular weight is 910 g/mol. The molecule has 1 heterocycles. The Balaban J connectivity index is 0.00000240. The molecule has 4 aromatic carbocycles. The fraction of sp³-hybridized carbons (Fsp3) is 0.440. The molecule has 4 atom stereocenters. The molecule has 278 valence electrons. The summed E-state index contributed by atoms with van der Waals surface area (Å²) in [4.78, 5) is 0. The molecule has 0 bridgehead atoms. The van der Waals surface area contributed by atoms with E-state index >= 15 is 0 Å². The van der Waals surface area contributed by atoms with Crippen molar-refractivity contribution >= 4 is 12.2 Å². The van der Waals surface area contributed by atoms with Crippen LogP contribution in [0.3, 0.4) is 0 Å². The maximum absolute atomic E-state index is 3.26. The van der Waals surface area contributed by atoms with Crippen molar-refractivity contribution in [3.05, 3.63) is 129 Å². The molecule has 1 saturated carbocycles. The predicted octanol–water partition coefficient (Wildman–Crippen LogP) is 9.55. The van der Waals surface area contributed by atoms with Gasteiger partial charge in [0, 0.05) is 0 Å². The van der Waals surface area contributed by atoms with Gasteiger partial charge >= 0.3 is 316 Å². The van der Waals surface area contributed by atoms with Gasteiger partial charge in [0.15, 0.2) is 0 Å². The van der Waals surface area contributed by atoms with E-state index in [1.165, 1.54) is 97.6 Å². The summed E-state index contributed by atoms with van der Waals surface area (Å²) in [6.45, 7) is 14.0. The average Bonchev–Trinajstić information content (AvgIpc) is 3.43. The van der Waals surface area contributed by atoms with Crippen molar-refractivity contribution in [2.24, 2.45) is 0 Å². The quantitative estimate of drug-likeness (QED) is 0.124. The van der Waals surface area contributed by atoms with Crippen molar-refractivity contribution < 1.29 is 44.8 Å². The molecule has 3 heteroatoms. The second-order valence-corrected chi connectivity index (χ2v) is 33.8. The Hall–Kier alpha value is -2.19. The van der Waals surface area contributed by atoms with Crippen LogP contribution in [0.25, 0.3) is 34.4 Å². The van der Waals surface area contributed by atoms with Gasteiger partial charge in [0.1, 0.15) is 0 Å². The summed E-state index contributed by atoms with van der Waals surface area (Å²) in [5.74, 6) is 1.12. The fourth-order valence-electron chi connectivity index (χ4n) is 11.1. The van der Waals surface area contributed by atoms with Crippen LogP contribution < -0.4 is 24.8 Å². The van der Waals surface area contributed by atoms with Gasteiger partial charge in [0.25, 0.3) is 0 Å². The first-order valence-electron chi connectivity index (χ1n) is 20.8. The summed E-state index contributed by atoms with van der Waals surface area (Å²) >= 11 is -3.26. The minimum absolute atomic E-state index is 0. The van der Waals surface area contributed by atoms with Crippen molar-refractivity contribution in [1.82, 2.24) is 0 Å². The predicted molar refractivity (Wildman–Crippen MR) is 218 cm³/mol. The third kappa shape index (κ3) is 7.08. The number of unbranched alkanes of at least 4 members (excludes halogenated alkanes) is 2. The number of hydrogen-bond acceptors (Lipinski definition) is 0. The Morgan fingerprint density at radius 2 is 0.943 bits per heavy atom. The molecule has 0 amide bonds. The number of rotatable bonds is 12. The molecule has 0 nitrogen and oxygen atoms in total. The van der Waals surface area contributed by atoms with Gasteiger partial charge in [-0.25, -0.2) is 0 Å². The van der Waals surface area contributed by atoms with Gasteiger partial charge in [-0.05, 0) is 0 Å². The Labute approximate surface area is 338 Å². The van der Waals surface area contributed by atoms with Gasteiger partial charge in [-0.2, -0.15) is 0 Å². The monoisotopic (exact) mass is 910 g/mol. The SMILES string of the molecule is CCCCC1=Cc2c(-c3ccc(C(C)C)cc3)cccc2[CH]1[Hf+2]1([CH]2C(CCCC)=Cc3c(-c4ccc(C(C)C)cc4)cccc32)[CH]2CCCC[CH]21.[Cl-].[Cl-]. The number of allylic oxidation sites excluding steroid dienone is 2. The summed E-state index contributed by atoms with van der Waals surface area (Å²) in [6.07, 6.45) is 19.1. The van der Waals surface area contributed by atoms with Crippen LogP contribution in [0.15, 0.2) is 96.1 Å². The van der Waals surface area contributed by atoms with Gasteiger partial charge in [-0.15, -0.1) is 0 Å². The van der Waals surface area contributed by atoms with E-state index in [9.17, 15) is 0 Å². The van der Waals surface area contributed by atoms with Crippen LogP contribution in [-0.2, 0) is 20.0 Å². The van der Waals surface area contributed by atoms with Gasteiger partial charge in [0.05, 0.1) is 0 Å². The number of halogens is 2. The molecule has 0 aromatic heterocycles. The molecule has 2 fully saturated rings. The molecule has 0 spiro atoms. The van der Waals surface area contributed by atoms with Crippen molar-refractivity contribution in [2.75, 3.05) is 0 Å². The third-order valence-corrected chi connectivity index (χ3v) is 38.6. The number of benzene rings is 4. The molecule has 3 aliphatic carbocycles. The molecule has 1 aliphatic heterocycles. The normalized spacial score (nSPS) is 22.6. The van der Waals surface area contributed by atoms with Crippen molar-refractivity contribution in [3.8, 4) is 22.3 Å². The van der Waals surface area contributed by atoms with Crippen molar-refractivity contribution in [1.29, 1.82) is 0 Å². The van der Waals surface area contributed by atoms with Crippen LogP contribution in [0, 0.1) is 0 Å². The summed E-state index contributed by atoms with van der Waals surface area (Å²) in [6, 6.07) is 34.0. The van der Waals surface area contributed by atoms with E-state index in [2.05, 4.69) is 139 Å². The molecule has 4 aliphatic rings. The molecule has 8 rings (SSSR count). The minimum Gasteiger partial charge on any atom is -1.00 e. The molecule has 4 aromatic rings. The van der Waals surface area contributed by atoms with E-state index in [4.69, 9.17) is 0 Å². The number of hydrogen-bond donors (Lipinski definition) is 0. The minimum atomic E-state index is -3.26. The standard InChI is InChI=1S/2C22H25.C6H10.2ClH.Hf/c2*1-4-5-7-17-14-20-8-6-9-21(22(20)15-17)19-12-10-18(11-13-19)16(2)3;1-2-4-6-5-3-1;;;/h2*6,8-16H,4-5,7H2,1-3H3;1-2H,3-6H2;2*1H;/q;;;;;+2/p-2. The first-order chi connectivity index (χ1) is 24.9. The maximum atomic E-state index is 2.76. The van der Waals surface area contributed by atoms with Gasteiger partial charge in [-0.3, -0.25) is 0 Å². The summed E-state index contributed by atoms with van der Waals surface area (Å²) in [7, 11) is 0. The van der Waals surface area contributed by atoms with E-state index in [1.54, 1.807) is 22.3 Å². The Bertz CT molecular complexity index is 1800. The van der Waals surface area contributed by atoms with Crippen LogP contribution in [-0.4, -0.2) is 0 Å². The van der Waals surface area contributed by atoms with E-state index in [-0.39, 0.29) is 24.8 Å². The van der Waals surface area contributed by atoms with Gasteiger partial charge in [-0.1, -0.05) is 0 Å². The molecule has 0 N–H and O–H groups in total. The van der Waals surface area contributed by atoms with Gasteiger partial charge in [0.2, 0.25) is 0 Å². The van der Waals surface area contributed by atoms with E-state index in [0.29, 0.717) is 11.8 Å². The Morgan fingerprint density at radius 3 is 1.30 bits per heavy atom. The second-order valence-electron chi connectivity index (χ2n) is 17.2.